The summed E-state index contributed by atoms with van der Waals surface area (Å²) < 4.78 is 40.4. The SMILES string of the molecule is Oc1c(C(Nc2ccccc2C(F)(F)F)c2ccncc2)ccc2cccnc12. The fourth-order valence-electron chi connectivity index (χ4n) is 3.29. The van der Waals surface area contributed by atoms with Crippen molar-refractivity contribution >= 4 is 16.6 Å². The van der Waals surface area contributed by atoms with Gasteiger partial charge >= 0.3 is 6.18 Å². The summed E-state index contributed by atoms with van der Waals surface area (Å²) in [5.41, 5.74) is 0.594. The molecule has 4 aromatic rings. The van der Waals surface area contributed by atoms with Crippen molar-refractivity contribution < 1.29 is 18.3 Å². The summed E-state index contributed by atoms with van der Waals surface area (Å²) >= 11 is 0. The van der Waals surface area contributed by atoms with E-state index in [1.807, 2.05) is 0 Å². The number of nitrogens with zero attached hydrogens (tertiary/aromatic N) is 2. The van der Waals surface area contributed by atoms with E-state index in [1.165, 1.54) is 18.2 Å². The molecule has 2 N–H and O–H groups in total. The minimum atomic E-state index is -4.51. The van der Waals surface area contributed by atoms with Gasteiger partial charge in [-0.25, -0.2) is 0 Å². The van der Waals surface area contributed by atoms with Gasteiger partial charge in [0.1, 0.15) is 11.3 Å². The van der Waals surface area contributed by atoms with Gasteiger partial charge in [-0.2, -0.15) is 13.2 Å². The van der Waals surface area contributed by atoms with Crippen molar-refractivity contribution in [3.05, 3.63) is 95.9 Å². The first-order valence-corrected chi connectivity index (χ1v) is 8.84. The smallest absolute Gasteiger partial charge is 0.418 e. The van der Waals surface area contributed by atoms with Gasteiger partial charge in [0, 0.05) is 35.2 Å². The topological polar surface area (TPSA) is 58.0 Å². The first-order valence-electron chi connectivity index (χ1n) is 8.84. The number of hydrogen-bond acceptors (Lipinski definition) is 4. The van der Waals surface area contributed by atoms with Gasteiger partial charge in [0.2, 0.25) is 0 Å². The van der Waals surface area contributed by atoms with Crippen LogP contribution in [0, 0.1) is 0 Å². The lowest BCUT2D eigenvalue weighted by molar-refractivity contribution is -0.137. The maximum absolute atomic E-state index is 13.5. The first kappa shape index (κ1) is 18.7. The fraction of sp³-hybridized carbons (Fsp3) is 0.0909. The van der Waals surface area contributed by atoms with Crippen LogP contribution in [0.2, 0.25) is 0 Å². The number of alkyl halides is 3. The Hall–Kier alpha value is -3.61. The molecular formula is C22H16F3N3O. The van der Waals surface area contributed by atoms with Crippen molar-refractivity contribution in [3.8, 4) is 5.75 Å². The maximum Gasteiger partial charge on any atom is 0.418 e. The van der Waals surface area contributed by atoms with Crippen LogP contribution in [-0.2, 0) is 6.18 Å². The molecule has 0 amide bonds. The monoisotopic (exact) mass is 395 g/mol. The van der Waals surface area contributed by atoms with E-state index in [4.69, 9.17) is 0 Å². The van der Waals surface area contributed by atoms with Crippen LogP contribution in [0.5, 0.6) is 5.75 Å². The van der Waals surface area contributed by atoms with Gasteiger partial charge < -0.3 is 10.4 Å². The highest BCUT2D eigenvalue weighted by Crippen LogP contribution is 2.40. The summed E-state index contributed by atoms with van der Waals surface area (Å²) in [4.78, 5) is 8.19. The van der Waals surface area contributed by atoms with Crippen LogP contribution < -0.4 is 5.32 Å². The zero-order chi connectivity index (χ0) is 20.4. The Balaban J connectivity index is 1.86. The predicted molar refractivity (Wildman–Crippen MR) is 105 cm³/mol. The summed E-state index contributed by atoms with van der Waals surface area (Å²) in [6.07, 6.45) is 0.144. The molecule has 2 heterocycles. The highest BCUT2D eigenvalue weighted by molar-refractivity contribution is 5.86. The van der Waals surface area contributed by atoms with E-state index in [0.717, 1.165) is 11.5 Å². The van der Waals surface area contributed by atoms with Gasteiger partial charge in [0.05, 0.1) is 11.6 Å². The molecule has 0 fully saturated rings. The van der Waals surface area contributed by atoms with Gasteiger partial charge in [-0.15, -0.1) is 0 Å². The zero-order valence-corrected chi connectivity index (χ0v) is 15.1. The minimum Gasteiger partial charge on any atom is -0.505 e. The molecule has 0 aliphatic carbocycles. The van der Waals surface area contributed by atoms with Gasteiger partial charge in [0.25, 0.3) is 0 Å². The molecule has 1 atom stereocenters. The van der Waals surface area contributed by atoms with E-state index in [1.54, 1.807) is 55.0 Å². The van der Waals surface area contributed by atoms with Crippen LogP contribution in [0.1, 0.15) is 22.7 Å². The van der Waals surface area contributed by atoms with Gasteiger partial charge in [-0.05, 0) is 35.9 Å². The number of benzene rings is 2. The molecule has 4 rings (SSSR count). The molecule has 146 valence electrons. The minimum absolute atomic E-state index is 0.0812. The lowest BCUT2D eigenvalue weighted by Crippen LogP contribution is -2.17. The van der Waals surface area contributed by atoms with Crippen molar-refractivity contribution in [3.63, 3.8) is 0 Å². The summed E-state index contributed by atoms with van der Waals surface area (Å²) in [6.45, 7) is 0. The molecule has 0 saturated heterocycles. The average Bonchev–Trinajstić information content (AvgIpc) is 2.73. The summed E-state index contributed by atoms with van der Waals surface area (Å²) in [7, 11) is 0. The molecule has 0 aliphatic heterocycles. The Morgan fingerprint density at radius 3 is 2.38 bits per heavy atom. The van der Waals surface area contributed by atoms with E-state index in [2.05, 4.69) is 15.3 Å². The number of pyridine rings is 2. The Kier molecular flexibility index (Phi) is 4.80. The van der Waals surface area contributed by atoms with Crippen LogP contribution in [-0.4, -0.2) is 15.1 Å². The second-order valence-corrected chi connectivity index (χ2v) is 6.48. The second kappa shape index (κ2) is 7.43. The van der Waals surface area contributed by atoms with Crippen molar-refractivity contribution in [2.75, 3.05) is 5.32 Å². The number of phenolic OH excluding ortho intramolecular Hbond substituents is 1. The normalized spacial score (nSPS) is 12.7. The van der Waals surface area contributed by atoms with Crippen LogP contribution in [0.3, 0.4) is 0 Å². The lowest BCUT2D eigenvalue weighted by atomic mass is 9.96. The van der Waals surface area contributed by atoms with Crippen LogP contribution in [0.4, 0.5) is 18.9 Å². The van der Waals surface area contributed by atoms with E-state index < -0.39 is 17.8 Å². The van der Waals surface area contributed by atoms with Crippen molar-refractivity contribution in [1.82, 2.24) is 9.97 Å². The molecular weight excluding hydrogens is 379 g/mol. The number of halogens is 3. The summed E-state index contributed by atoms with van der Waals surface area (Å²) in [5, 5.41) is 14.5. The average molecular weight is 395 g/mol. The van der Waals surface area contributed by atoms with E-state index >= 15 is 0 Å². The number of aromatic hydroxyl groups is 1. The largest absolute Gasteiger partial charge is 0.505 e. The van der Waals surface area contributed by atoms with Crippen LogP contribution >= 0.6 is 0 Å². The number of phenols is 1. The quantitative estimate of drug-likeness (QED) is 0.475. The van der Waals surface area contributed by atoms with Crippen LogP contribution in [0.15, 0.2) is 79.3 Å². The standard InChI is InChI=1S/C22H16F3N3O/c23-22(24,25)17-5-1-2-6-18(17)28-19(15-9-12-26-13-10-15)16-8-7-14-4-3-11-27-20(14)21(16)29/h1-13,19,28-29H. The van der Waals surface area contributed by atoms with Gasteiger partial charge in [-0.3, -0.25) is 9.97 Å². The van der Waals surface area contributed by atoms with Crippen molar-refractivity contribution in [2.45, 2.75) is 12.2 Å². The van der Waals surface area contributed by atoms with Crippen molar-refractivity contribution in [1.29, 1.82) is 0 Å². The number of fused-ring (bicyclic) bond motifs is 1. The number of nitrogens with one attached hydrogen (secondary N) is 1. The Bertz CT molecular complexity index is 1150. The third-order valence-electron chi connectivity index (χ3n) is 4.66. The highest BCUT2D eigenvalue weighted by Gasteiger charge is 2.34. The predicted octanol–water partition coefficient (Wildman–Crippen LogP) is 5.56. The van der Waals surface area contributed by atoms with E-state index in [0.29, 0.717) is 16.6 Å². The fourth-order valence-corrected chi connectivity index (χ4v) is 3.29. The molecule has 0 radical (unpaired) electrons. The van der Waals surface area contributed by atoms with Gasteiger partial charge in [0.15, 0.2) is 0 Å². The summed E-state index contributed by atoms with van der Waals surface area (Å²) in [5.74, 6) is -0.0816. The first-order chi connectivity index (χ1) is 13.9. The van der Waals surface area contributed by atoms with E-state index in [9.17, 15) is 18.3 Å². The van der Waals surface area contributed by atoms with E-state index in [-0.39, 0.29) is 11.4 Å². The van der Waals surface area contributed by atoms with Crippen molar-refractivity contribution in [2.24, 2.45) is 0 Å². The molecule has 1 unspecified atom stereocenters. The third-order valence-corrected chi connectivity index (χ3v) is 4.66. The molecule has 4 nitrogen and oxygen atoms in total. The number of anilines is 1. The molecule has 0 saturated carbocycles. The second-order valence-electron chi connectivity index (χ2n) is 6.48. The molecule has 0 bridgehead atoms. The van der Waals surface area contributed by atoms with Gasteiger partial charge in [-0.1, -0.05) is 30.3 Å². The molecule has 2 aromatic carbocycles. The molecule has 7 heteroatoms. The molecule has 2 aromatic heterocycles. The summed E-state index contributed by atoms with van der Waals surface area (Å²) in [6, 6.07) is 14.9. The Labute approximate surface area is 164 Å². The number of rotatable bonds is 4. The number of hydrogen-bond donors (Lipinski definition) is 2. The number of aromatic nitrogens is 2. The lowest BCUT2D eigenvalue weighted by Gasteiger charge is -2.24. The Morgan fingerprint density at radius 1 is 0.862 bits per heavy atom. The maximum atomic E-state index is 13.5. The Morgan fingerprint density at radius 2 is 1.62 bits per heavy atom. The zero-order valence-electron chi connectivity index (χ0n) is 15.1. The van der Waals surface area contributed by atoms with Crippen LogP contribution in [0.25, 0.3) is 10.9 Å². The molecule has 29 heavy (non-hydrogen) atoms. The highest BCUT2D eigenvalue weighted by atomic mass is 19.4. The molecule has 0 aliphatic rings. The third kappa shape index (κ3) is 3.71. The number of para-hydroxylation sites is 1. The molecule has 0 spiro atoms.